The van der Waals surface area contributed by atoms with E-state index in [4.69, 9.17) is 5.41 Å². The largest absolute Gasteiger partial charge is 0.307 e. The van der Waals surface area contributed by atoms with Crippen molar-refractivity contribution in [2.45, 2.75) is 33.1 Å². The number of hydrogen-bond acceptors (Lipinski definition) is 2. The van der Waals surface area contributed by atoms with Gasteiger partial charge in [-0.15, -0.1) is 0 Å². The number of nitrogens with zero attached hydrogens (tertiary/aromatic N) is 1. The third-order valence-corrected chi connectivity index (χ3v) is 8.86. The van der Waals surface area contributed by atoms with Gasteiger partial charge in [0.05, 0.1) is 11.0 Å². The van der Waals surface area contributed by atoms with Crippen molar-refractivity contribution in [1.82, 2.24) is 0 Å². The third-order valence-electron chi connectivity index (χ3n) is 8.86. The van der Waals surface area contributed by atoms with Gasteiger partial charge in [-0.3, -0.25) is 0 Å². The number of nitriles is 1. The van der Waals surface area contributed by atoms with E-state index >= 15 is 0 Å². The molecule has 0 radical (unpaired) electrons. The van der Waals surface area contributed by atoms with E-state index in [1.165, 1.54) is 44.5 Å². The minimum atomic E-state index is -0.456. The molecule has 49 heavy (non-hydrogen) atoms. The number of rotatable bonds is 7. The van der Waals surface area contributed by atoms with Crippen molar-refractivity contribution >= 4 is 11.8 Å². The predicted octanol–water partition coefficient (Wildman–Crippen LogP) is 12.5. The van der Waals surface area contributed by atoms with Crippen LogP contribution in [-0.4, -0.2) is 6.21 Å². The first kappa shape index (κ1) is 34.3. The van der Waals surface area contributed by atoms with Gasteiger partial charge >= 0.3 is 0 Å². The molecule has 240 valence electrons. The standard InChI is InChI=1S/C43H30N2.2C2H6/c1-30(25-31(28-44)29-45)32-17-19-34(20-18-32)36-22-24-42-40(27-36)39-26-35(33-11-5-2-6-12-33)21-23-41(39)43(42,37-13-7-3-8-14-37)38-15-9-4-10-16-38;2*1-2/h2-28,44H,1H2;2*1-2H3/b31-25+,44-28?;;. The monoisotopic (exact) mass is 634 g/mol. The summed E-state index contributed by atoms with van der Waals surface area (Å²) in [6.45, 7) is 12.1. The Labute approximate surface area is 291 Å². The van der Waals surface area contributed by atoms with E-state index in [0.717, 1.165) is 22.9 Å². The fourth-order valence-electron chi connectivity index (χ4n) is 6.74. The van der Waals surface area contributed by atoms with Crippen LogP contribution in [-0.2, 0) is 5.41 Å². The van der Waals surface area contributed by atoms with Gasteiger partial charge in [-0.05, 0) is 85.0 Å². The Kier molecular flexibility index (Phi) is 11.0. The van der Waals surface area contributed by atoms with Crippen molar-refractivity contribution in [3.8, 4) is 39.4 Å². The summed E-state index contributed by atoms with van der Waals surface area (Å²) in [5.74, 6) is 0. The molecule has 0 saturated carbocycles. The highest BCUT2D eigenvalue weighted by Crippen LogP contribution is 2.57. The summed E-state index contributed by atoms with van der Waals surface area (Å²) < 4.78 is 0. The van der Waals surface area contributed by atoms with Gasteiger partial charge in [0.25, 0.3) is 0 Å². The fourth-order valence-corrected chi connectivity index (χ4v) is 6.74. The highest BCUT2D eigenvalue weighted by atomic mass is 14.5. The zero-order valence-electron chi connectivity index (χ0n) is 28.7. The molecule has 0 spiro atoms. The van der Waals surface area contributed by atoms with Crippen molar-refractivity contribution in [2.75, 3.05) is 0 Å². The average molecular weight is 635 g/mol. The highest BCUT2D eigenvalue weighted by Gasteiger charge is 2.46. The van der Waals surface area contributed by atoms with Gasteiger partial charge in [0.15, 0.2) is 0 Å². The van der Waals surface area contributed by atoms with Crippen LogP contribution in [0.5, 0.6) is 0 Å². The fraction of sp³-hybridized carbons (Fsp3) is 0.106. The molecule has 0 bridgehead atoms. The van der Waals surface area contributed by atoms with E-state index in [0.29, 0.717) is 5.57 Å². The number of benzene rings is 6. The second-order valence-electron chi connectivity index (χ2n) is 11.3. The number of allylic oxidation sites excluding steroid dienone is 3. The molecule has 1 aliphatic rings. The molecule has 2 nitrogen and oxygen atoms in total. The molecule has 7 rings (SSSR count). The Morgan fingerprint density at radius 3 is 1.41 bits per heavy atom. The molecule has 2 heteroatoms. The van der Waals surface area contributed by atoms with Crippen molar-refractivity contribution in [1.29, 1.82) is 10.7 Å². The maximum Gasteiger partial charge on any atom is 0.101 e. The van der Waals surface area contributed by atoms with Gasteiger partial charge in [-0.2, -0.15) is 5.26 Å². The molecule has 6 aromatic carbocycles. The first-order valence-corrected chi connectivity index (χ1v) is 17.0. The van der Waals surface area contributed by atoms with Crippen LogP contribution in [0.2, 0.25) is 0 Å². The summed E-state index contributed by atoms with van der Waals surface area (Å²) in [6.07, 6.45) is 2.70. The summed E-state index contributed by atoms with van der Waals surface area (Å²) in [7, 11) is 0. The molecule has 0 aromatic heterocycles. The lowest BCUT2D eigenvalue weighted by Gasteiger charge is -2.34. The summed E-state index contributed by atoms with van der Waals surface area (Å²) in [6, 6.07) is 56.4. The van der Waals surface area contributed by atoms with Crippen molar-refractivity contribution in [3.63, 3.8) is 0 Å². The van der Waals surface area contributed by atoms with Gasteiger partial charge in [-0.1, -0.05) is 174 Å². The number of fused-ring (bicyclic) bond motifs is 3. The number of hydrogen-bond donors (Lipinski definition) is 1. The molecular weight excluding hydrogens is 593 g/mol. The van der Waals surface area contributed by atoms with Crippen LogP contribution in [0.25, 0.3) is 39.0 Å². The SMILES string of the molecule is C=C(/C=C(/C#N)C=N)c1ccc(-c2ccc3c(c2)-c2cc(-c4ccccc4)ccc2C3(c2ccccc2)c2ccccc2)cc1.CC.CC. The van der Waals surface area contributed by atoms with Gasteiger partial charge in [-0.25, -0.2) is 0 Å². The third kappa shape index (κ3) is 6.45. The Hall–Kier alpha value is -6.04. The van der Waals surface area contributed by atoms with E-state index in [1.807, 2.05) is 45.9 Å². The topological polar surface area (TPSA) is 47.6 Å². The molecule has 0 fully saturated rings. The minimum Gasteiger partial charge on any atom is -0.307 e. The molecule has 0 atom stereocenters. The summed E-state index contributed by atoms with van der Waals surface area (Å²) in [5, 5.41) is 16.6. The van der Waals surface area contributed by atoms with E-state index in [1.54, 1.807) is 6.08 Å². The molecular formula is C47H42N2. The smallest absolute Gasteiger partial charge is 0.101 e. The molecule has 0 unspecified atom stereocenters. The zero-order chi connectivity index (χ0) is 34.8. The molecule has 0 heterocycles. The Balaban J connectivity index is 0.00000113. The molecule has 6 aromatic rings. The van der Waals surface area contributed by atoms with E-state index in [-0.39, 0.29) is 5.57 Å². The van der Waals surface area contributed by atoms with Crippen LogP contribution in [0.15, 0.2) is 170 Å². The van der Waals surface area contributed by atoms with Crippen LogP contribution in [0.3, 0.4) is 0 Å². The normalized spacial score (nSPS) is 12.1. The quantitative estimate of drug-likeness (QED) is 0.106. The second kappa shape index (κ2) is 15.7. The minimum absolute atomic E-state index is 0.275. The average Bonchev–Trinajstić information content (AvgIpc) is 3.49. The maximum atomic E-state index is 9.21. The van der Waals surface area contributed by atoms with Crippen LogP contribution >= 0.6 is 0 Å². The lowest BCUT2D eigenvalue weighted by Crippen LogP contribution is -2.28. The summed E-state index contributed by atoms with van der Waals surface area (Å²) >= 11 is 0. The van der Waals surface area contributed by atoms with Gasteiger partial charge < -0.3 is 5.41 Å². The lowest BCUT2D eigenvalue weighted by atomic mass is 9.67. The lowest BCUT2D eigenvalue weighted by molar-refractivity contribution is 0.768. The van der Waals surface area contributed by atoms with Gasteiger partial charge in [0, 0.05) is 6.21 Å². The van der Waals surface area contributed by atoms with Crippen molar-refractivity contribution in [3.05, 3.63) is 198 Å². The van der Waals surface area contributed by atoms with Crippen LogP contribution in [0.4, 0.5) is 0 Å². The van der Waals surface area contributed by atoms with E-state index in [9.17, 15) is 5.26 Å². The van der Waals surface area contributed by atoms with Crippen LogP contribution in [0.1, 0.15) is 55.5 Å². The highest BCUT2D eigenvalue weighted by molar-refractivity contribution is 5.91. The Bertz CT molecular complexity index is 2080. The summed E-state index contributed by atoms with van der Waals surface area (Å²) in [5.41, 5.74) is 13.6. The van der Waals surface area contributed by atoms with Crippen molar-refractivity contribution in [2.24, 2.45) is 0 Å². The second-order valence-corrected chi connectivity index (χ2v) is 11.3. The van der Waals surface area contributed by atoms with Crippen molar-refractivity contribution < 1.29 is 0 Å². The Morgan fingerprint density at radius 1 is 0.571 bits per heavy atom. The van der Waals surface area contributed by atoms with Gasteiger partial charge in [0.2, 0.25) is 0 Å². The molecule has 0 amide bonds. The maximum absolute atomic E-state index is 9.21. The Morgan fingerprint density at radius 2 is 0.980 bits per heavy atom. The first-order chi connectivity index (χ1) is 24.1. The molecule has 0 saturated heterocycles. The molecule has 0 aliphatic heterocycles. The summed E-state index contributed by atoms with van der Waals surface area (Å²) in [4.78, 5) is 0. The zero-order valence-corrected chi connectivity index (χ0v) is 28.7. The molecule has 1 aliphatic carbocycles. The first-order valence-electron chi connectivity index (χ1n) is 17.0. The molecule has 1 N–H and O–H groups in total. The predicted molar refractivity (Wildman–Crippen MR) is 209 cm³/mol. The van der Waals surface area contributed by atoms with Crippen LogP contribution < -0.4 is 0 Å². The van der Waals surface area contributed by atoms with E-state index in [2.05, 4.69) is 146 Å². The number of nitrogens with one attached hydrogen (secondary N) is 1. The van der Waals surface area contributed by atoms with E-state index < -0.39 is 5.41 Å². The van der Waals surface area contributed by atoms with Crippen LogP contribution in [0, 0.1) is 16.7 Å². The van der Waals surface area contributed by atoms with Gasteiger partial charge in [0.1, 0.15) is 6.07 Å².